The Bertz CT molecular complexity index is 597. The SMILES string of the molecule is CNCCc1ccccc1C(=O)NCCc1ccc(Cl)s1. The van der Waals surface area contributed by atoms with Gasteiger partial charge in [-0.05, 0) is 50.2 Å². The fourth-order valence-electron chi connectivity index (χ4n) is 2.10. The maximum absolute atomic E-state index is 12.3. The van der Waals surface area contributed by atoms with Gasteiger partial charge in [0.1, 0.15) is 0 Å². The summed E-state index contributed by atoms with van der Waals surface area (Å²) >= 11 is 7.45. The molecule has 21 heavy (non-hydrogen) atoms. The quantitative estimate of drug-likeness (QED) is 0.822. The number of hydrogen-bond acceptors (Lipinski definition) is 3. The van der Waals surface area contributed by atoms with Crippen LogP contribution in [0, 0.1) is 0 Å². The Morgan fingerprint density at radius 1 is 1.14 bits per heavy atom. The highest BCUT2D eigenvalue weighted by molar-refractivity contribution is 7.16. The van der Waals surface area contributed by atoms with E-state index < -0.39 is 0 Å². The highest BCUT2D eigenvalue weighted by atomic mass is 35.5. The molecule has 0 unspecified atom stereocenters. The standard InChI is InChI=1S/C16H19ClN2OS/c1-18-10-8-12-4-2-3-5-14(12)16(20)19-11-9-13-6-7-15(17)21-13/h2-7,18H,8-11H2,1H3,(H,19,20). The number of carbonyl (C=O) groups excluding carboxylic acids is 1. The van der Waals surface area contributed by atoms with Gasteiger partial charge in [0.15, 0.2) is 0 Å². The Morgan fingerprint density at radius 2 is 1.95 bits per heavy atom. The summed E-state index contributed by atoms with van der Waals surface area (Å²) in [6, 6.07) is 11.6. The zero-order chi connectivity index (χ0) is 15.1. The van der Waals surface area contributed by atoms with Gasteiger partial charge in [-0.3, -0.25) is 4.79 Å². The Labute approximate surface area is 134 Å². The number of nitrogens with one attached hydrogen (secondary N) is 2. The minimum Gasteiger partial charge on any atom is -0.352 e. The topological polar surface area (TPSA) is 41.1 Å². The molecule has 0 saturated heterocycles. The van der Waals surface area contributed by atoms with Crippen LogP contribution < -0.4 is 10.6 Å². The molecular weight excluding hydrogens is 304 g/mol. The number of hydrogen-bond donors (Lipinski definition) is 2. The molecule has 0 aliphatic heterocycles. The Balaban J connectivity index is 1.90. The lowest BCUT2D eigenvalue weighted by Crippen LogP contribution is -2.27. The number of carbonyl (C=O) groups is 1. The van der Waals surface area contributed by atoms with Gasteiger partial charge in [-0.15, -0.1) is 11.3 Å². The second kappa shape index (κ2) is 8.17. The van der Waals surface area contributed by atoms with E-state index in [9.17, 15) is 4.79 Å². The van der Waals surface area contributed by atoms with Crippen LogP contribution in [0.25, 0.3) is 0 Å². The zero-order valence-electron chi connectivity index (χ0n) is 12.0. The third-order valence-electron chi connectivity index (χ3n) is 3.19. The van der Waals surface area contributed by atoms with Gasteiger partial charge in [0, 0.05) is 17.0 Å². The van der Waals surface area contributed by atoms with Crippen LogP contribution in [-0.2, 0) is 12.8 Å². The van der Waals surface area contributed by atoms with Crippen molar-refractivity contribution < 1.29 is 4.79 Å². The fraction of sp³-hybridized carbons (Fsp3) is 0.312. The molecule has 0 bridgehead atoms. The fourth-order valence-corrected chi connectivity index (χ4v) is 3.19. The Kier molecular flexibility index (Phi) is 6.23. The average Bonchev–Trinajstić information content (AvgIpc) is 2.91. The first-order chi connectivity index (χ1) is 10.2. The summed E-state index contributed by atoms with van der Waals surface area (Å²) in [7, 11) is 1.91. The van der Waals surface area contributed by atoms with Gasteiger partial charge in [-0.2, -0.15) is 0 Å². The number of benzene rings is 1. The summed E-state index contributed by atoms with van der Waals surface area (Å²) < 4.78 is 0.786. The Hall–Kier alpha value is -1.36. The van der Waals surface area contributed by atoms with Crippen LogP contribution in [0.5, 0.6) is 0 Å². The molecule has 1 aromatic carbocycles. The molecule has 1 amide bonds. The highest BCUT2D eigenvalue weighted by Gasteiger charge is 2.10. The van der Waals surface area contributed by atoms with E-state index in [0.29, 0.717) is 6.54 Å². The van der Waals surface area contributed by atoms with Gasteiger partial charge in [0.2, 0.25) is 0 Å². The van der Waals surface area contributed by atoms with Crippen LogP contribution in [0.15, 0.2) is 36.4 Å². The first-order valence-electron chi connectivity index (χ1n) is 6.95. The van der Waals surface area contributed by atoms with E-state index in [2.05, 4.69) is 10.6 Å². The number of amides is 1. The van der Waals surface area contributed by atoms with Gasteiger partial charge in [-0.1, -0.05) is 29.8 Å². The molecule has 112 valence electrons. The molecule has 0 aliphatic carbocycles. The molecule has 0 spiro atoms. The molecular formula is C16H19ClN2OS. The maximum Gasteiger partial charge on any atom is 0.251 e. The Morgan fingerprint density at radius 3 is 2.67 bits per heavy atom. The molecule has 0 saturated carbocycles. The number of rotatable bonds is 7. The van der Waals surface area contributed by atoms with Gasteiger partial charge in [-0.25, -0.2) is 0 Å². The van der Waals surface area contributed by atoms with Crippen LogP contribution in [-0.4, -0.2) is 26.0 Å². The maximum atomic E-state index is 12.3. The number of halogens is 1. The van der Waals surface area contributed by atoms with Gasteiger partial charge < -0.3 is 10.6 Å². The van der Waals surface area contributed by atoms with Gasteiger partial charge in [0.25, 0.3) is 5.91 Å². The first kappa shape index (κ1) is 16.0. The van der Waals surface area contributed by atoms with Crippen molar-refractivity contribution in [3.8, 4) is 0 Å². The third kappa shape index (κ3) is 4.84. The van der Waals surface area contributed by atoms with Crippen LogP contribution in [0.4, 0.5) is 0 Å². The van der Waals surface area contributed by atoms with Crippen molar-refractivity contribution in [1.82, 2.24) is 10.6 Å². The van der Waals surface area contributed by atoms with E-state index in [1.165, 1.54) is 4.88 Å². The van der Waals surface area contributed by atoms with Crippen LogP contribution >= 0.6 is 22.9 Å². The molecule has 0 fully saturated rings. The number of likely N-dealkylation sites (N-methyl/N-ethyl adjacent to an activating group) is 1. The molecule has 0 atom stereocenters. The lowest BCUT2D eigenvalue weighted by Gasteiger charge is -2.09. The highest BCUT2D eigenvalue weighted by Crippen LogP contribution is 2.21. The van der Waals surface area contributed by atoms with Gasteiger partial charge >= 0.3 is 0 Å². The minimum absolute atomic E-state index is 0.00986. The van der Waals surface area contributed by atoms with Crippen molar-refractivity contribution in [3.63, 3.8) is 0 Å². The molecule has 2 rings (SSSR count). The number of thiophene rings is 1. The van der Waals surface area contributed by atoms with Crippen LogP contribution in [0.1, 0.15) is 20.8 Å². The summed E-state index contributed by atoms with van der Waals surface area (Å²) in [4.78, 5) is 13.5. The lowest BCUT2D eigenvalue weighted by molar-refractivity contribution is 0.0953. The second-order valence-corrected chi connectivity index (χ2v) is 6.52. The molecule has 0 aliphatic rings. The minimum atomic E-state index is -0.00986. The predicted molar refractivity (Wildman–Crippen MR) is 89.4 cm³/mol. The summed E-state index contributed by atoms with van der Waals surface area (Å²) in [5, 5.41) is 6.08. The van der Waals surface area contributed by atoms with Crippen molar-refractivity contribution in [3.05, 3.63) is 56.7 Å². The molecule has 3 nitrogen and oxygen atoms in total. The van der Waals surface area contributed by atoms with Crippen molar-refractivity contribution in [2.45, 2.75) is 12.8 Å². The van der Waals surface area contributed by atoms with E-state index in [-0.39, 0.29) is 5.91 Å². The average molecular weight is 323 g/mol. The van der Waals surface area contributed by atoms with Gasteiger partial charge in [0.05, 0.1) is 4.34 Å². The summed E-state index contributed by atoms with van der Waals surface area (Å²) in [6.45, 7) is 1.48. The first-order valence-corrected chi connectivity index (χ1v) is 8.15. The predicted octanol–water partition coefficient (Wildman–Crippen LogP) is 3.14. The normalized spacial score (nSPS) is 10.6. The molecule has 1 heterocycles. The van der Waals surface area contributed by atoms with Crippen LogP contribution in [0.2, 0.25) is 4.34 Å². The molecule has 2 aromatic rings. The van der Waals surface area contributed by atoms with Crippen molar-refractivity contribution >= 4 is 28.8 Å². The summed E-state index contributed by atoms with van der Waals surface area (Å²) in [5.41, 5.74) is 1.83. The summed E-state index contributed by atoms with van der Waals surface area (Å²) in [6.07, 6.45) is 1.66. The molecule has 2 N–H and O–H groups in total. The van der Waals surface area contributed by atoms with Crippen molar-refractivity contribution in [2.75, 3.05) is 20.1 Å². The third-order valence-corrected chi connectivity index (χ3v) is 4.48. The van der Waals surface area contributed by atoms with E-state index in [1.54, 1.807) is 11.3 Å². The van der Waals surface area contributed by atoms with E-state index in [1.807, 2.05) is 43.4 Å². The van der Waals surface area contributed by atoms with E-state index in [0.717, 1.165) is 34.8 Å². The summed E-state index contributed by atoms with van der Waals surface area (Å²) in [5.74, 6) is -0.00986. The largest absolute Gasteiger partial charge is 0.352 e. The van der Waals surface area contributed by atoms with Crippen molar-refractivity contribution in [2.24, 2.45) is 0 Å². The molecule has 0 radical (unpaired) electrons. The lowest BCUT2D eigenvalue weighted by atomic mass is 10.0. The van der Waals surface area contributed by atoms with E-state index in [4.69, 9.17) is 11.6 Å². The molecule has 1 aromatic heterocycles. The van der Waals surface area contributed by atoms with Crippen molar-refractivity contribution in [1.29, 1.82) is 0 Å². The second-order valence-electron chi connectivity index (χ2n) is 4.72. The molecule has 5 heteroatoms. The monoisotopic (exact) mass is 322 g/mol. The van der Waals surface area contributed by atoms with E-state index >= 15 is 0 Å². The zero-order valence-corrected chi connectivity index (χ0v) is 13.6. The smallest absolute Gasteiger partial charge is 0.251 e. The van der Waals surface area contributed by atoms with Crippen LogP contribution in [0.3, 0.4) is 0 Å².